The Hall–Kier alpha value is -2.16. The van der Waals surface area contributed by atoms with Gasteiger partial charge in [0.15, 0.2) is 0 Å². The van der Waals surface area contributed by atoms with Crippen molar-refractivity contribution < 1.29 is 9.72 Å². The normalized spacial score (nSPS) is 14.8. The van der Waals surface area contributed by atoms with Crippen molar-refractivity contribution >= 4 is 36.4 Å². The zero-order valence-corrected chi connectivity index (χ0v) is 15.6. The Morgan fingerprint density at radius 2 is 2.04 bits per heavy atom. The summed E-state index contributed by atoms with van der Waals surface area (Å²) in [5.41, 5.74) is 5.91. The molecular formula is C16H21Cl2N5O3. The van der Waals surface area contributed by atoms with Crippen molar-refractivity contribution in [3.05, 3.63) is 52.6 Å². The number of benzene rings is 1. The molecule has 0 bridgehead atoms. The maximum Gasteiger partial charge on any atom is 0.294 e. The quantitative estimate of drug-likeness (QED) is 0.589. The van der Waals surface area contributed by atoms with E-state index < -0.39 is 10.5 Å². The zero-order chi connectivity index (χ0) is 17.2. The van der Waals surface area contributed by atoms with Crippen molar-refractivity contribution in [3.63, 3.8) is 0 Å². The Bertz CT molecular complexity index is 761. The molecule has 0 saturated heterocycles. The summed E-state index contributed by atoms with van der Waals surface area (Å²) in [4.78, 5) is 27.3. The lowest BCUT2D eigenvalue weighted by molar-refractivity contribution is -0.384. The number of imidazole rings is 1. The van der Waals surface area contributed by atoms with Gasteiger partial charge in [0.1, 0.15) is 5.69 Å². The van der Waals surface area contributed by atoms with E-state index in [2.05, 4.69) is 10.3 Å². The molecule has 0 radical (unpaired) electrons. The first-order valence-corrected chi connectivity index (χ1v) is 7.84. The van der Waals surface area contributed by atoms with Gasteiger partial charge in [-0.3, -0.25) is 14.9 Å². The summed E-state index contributed by atoms with van der Waals surface area (Å²) in [7, 11) is 0. The van der Waals surface area contributed by atoms with Crippen LogP contribution in [0.4, 0.5) is 5.69 Å². The lowest BCUT2D eigenvalue weighted by atomic mass is 9.97. The highest BCUT2D eigenvalue weighted by Crippen LogP contribution is 2.30. The van der Waals surface area contributed by atoms with E-state index in [1.807, 2.05) is 0 Å². The summed E-state index contributed by atoms with van der Waals surface area (Å²) in [6, 6.07) is 4.43. The first-order valence-electron chi connectivity index (χ1n) is 7.84. The van der Waals surface area contributed by atoms with Gasteiger partial charge in [-0.25, -0.2) is 4.98 Å². The summed E-state index contributed by atoms with van der Waals surface area (Å²) in [5, 5.41) is 14.3. The number of aromatic nitrogens is 2. The first kappa shape index (κ1) is 21.9. The van der Waals surface area contributed by atoms with Crippen LogP contribution >= 0.6 is 24.8 Å². The number of nitrogens with one attached hydrogen (secondary N) is 1. The molecule has 2 aromatic rings. The molecule has 1 aromatic carbocycles. The second-order valence-corrected chi connectivity index (χ2v) is 6.08. The zero-order valence-electron chi connectivity index (χ0n) is 14.0. The van der Waals surface area contributed by atoms with Gasteiger partial charge in [0.2, 0.25) is 0 Å². The Morgan fingerprint density at radius 3 is 2.58 bits per heavy atom. The topological polar surface area (TPSA) is 116 Å². The van der Waals surface area contributed by atoms with Gasteiger partial charge in [0.05, 0.1) is 16.8 Å². The minimum Gasteiger partial charge on any atom is -0.345 e. The van der Waals surface area contributed by atoms with Gasteiger partial charge in [0, 0.05) is 30.6 Å². The standard InChI is InChI=1S/C16H19N5O3.2ClH/c17-10-16(5-1-2-6-16)19-15(22)12-3-4-13(14(9-12)21(23)24)20-8-7-18-11-20;;/h3-4,7-9,11H,1-2,5-6,10,17H2,(H,19,22);2*1H. The van der Waals surface area contributed by atoms with Gasteiger partial charge >= 0.3 is 0 Å². The van der Waals surface area contributed by atoms with Crippen molar-refractivity contribution in [3.8, 4) is 5.69 Å². The van der Waals surface area contributed by atoms with E-state index >= 15 is 0 Å². The van der Waals surface area contributed by atoms with E-state index in [9.17, 15) is 14.9 Å². The second-order valence-electron chi connectivity index (χ2n) is 6.08. The van der Waals surface area contributed by atoms with Crippen molar-refractivity contribution in [2.24, 2.45) is 5.73 Å². The van der Waals surface area contributed by atoms with Gasteiger partial charge in [0.25, 0.3) is 11.6 Å². The molecule has 26 heavy (non-hydrogen) atoms. The largest absolute Gasteiger partial charge is 0.345 e. The van der Waals surface area contributed by atoms with Crippen molar-refractivity contribution in [1.82, 2.24) is 14.9 Å². The van der Waals surface area contributed by atoms with Crippen LogP contribution in [0.1, 0.15) is 36.0 Å². The van der Waals surface area contributed by atoms with Crippen molar-refractivity contribution in [2.75, 3.05) is 6.54 Å². The molecule has 0 unspecified atom stereocenters. The van der Waals surface area contributed by atoms with Crippen LogP contribution in [0.3, 0.4) is 0 Å². The predicted octanol–water partition coefficient (Wildman–Crippen LogP) is 2.63. The molecule has 3 rings (SSSR count). The number of rotatable bonds is 5. The Morgan fingerprint density at radius 1 is 1.35 bits per heavy atom. The first-order chi connectivity index (χ1) is 11.5. The van der Waals surface area contributed by atoms with Crippen LogP contribution in [0.2, 0.25) is 0 Å². The van der Waals surface area contributed by atoms with E-state index in [1.54, 1.807) is 18.3 Å². The fraction of sp³-hybridized carbons (Fsp3) is 0.375. The molecule has 0 aliphatic heterocycles. The van der Waals surface area contributed by atoms with Crippen LogP contribution in [-0.2, 0) is 0 Å². The molecule has 1 aromatic heterocycles. The van der Waals surface area contributed by atoms with E-state index in [4.69, 9.17) is 5.73 Å². The van der Waals surface area contributed by atoms with Crippen molar-refractivity contribution in [1.29, 1.82) is 0 Å². The van der Waals surface area contributed by atoms with Crippen LogP contribution in [0.25, 0.3) is 5.69 Å². The molecular weight excluding hydrogens is 381 g/mol. The molecule has 142 valence electrons. The Balaban J connectivity index is 0.00000169. The fourth-order valence-electron chi connectivity index (χ4n) is 3.18. The smallest absolute Gasteiger partial charge is 0.294 e. The van der Waals surface area contributed by atoms with Crippen LogP contribution in [0.5, 0.6) is 0 Å². The maximum absolute atomic E-state index is 12.5. The number of nitrogens with zero attached hydrogens (tertiary/aromatic N) is 3. The third kappa shape index (κ3) is 4.32. The Kier molecular flexibility index (Phi) is 7.55. The minimum absolute atomic E-state index is 0. The third-order valence-electron chi connectivity index (χ3n) is 4.55. The number of nitrogens with two attached hydrogens (primary N) is 1. The van der Waals surface area contributed by atoms with Crippen LogP contribution in [0.15, 0.2) is 36.9 Å². The monoisotopic (exact) mass is 401 g/mol. The number of halogens is 2. The summed E-state index contributed by atoms with van der Waals surface area (Å²) < 4.78 is 1.54. The highest BCUT2D eigenvalue weighted by molar-refractivity contribution is 5.96. The average Bonchev–Trinajstić information content (AvgIpc) is 3.26. The number of nitro benzene ring substituents is 1. The molecule has 1 aliphatic carbocycles. The Labute approximate surface area is 163 Å². The molecule has 10 heteroatoms. The van der Waals surface area contributed by atoms with Gasteiger partial charge in [-0.2, -0.15) is 0 Å². The van der Waals surface area contributed by atoms with E-state index in [0.717, 1.165) is 25.7 Å². The number of carbonyl (C=O) groups is 1. The van der Waals surface area contributed by atoms with Gasteiger partial charge < -0.3 is 15.6 Å². The average molecular weight is 402 g/mol. The molecule has 0 spiro atoms. The maximum atomic E-state index is 12.5. The van der Waals surface area contributed by atoms with E-state index in [-0.39, 0.29) is 42.0 Å². The van der Waals surface area contributed by atoms with Crippen LogP contribution < -0.4 is 11.1 Å². The molecule has 1 amide bonds. The summed E-state index contributed by atoms with van der Waals surface area (Å²) in [5.74, 6) is -0.331. The van der Waals surface area contributed by atoms with Gasteiger partial charge in [-0.15, -0.1) is 24.8 Å². The molecule has 1 heterocycles. The van der Waals surface area contributed by atoms with E-state index in [0.29, 0.717) is 12.2 Å². The lowest BCUT2D eigenvalue weighted by Gasteiger charge is -2.28. The summed E-state index contributed by atoms with van der Waals surface area (Å²) in [6.45, 7) is 0.369. The predicted molar refractivity (Wildman–Crippen MR) is 102 cm³/mol. The van der Waals surface area contributed by atoms with Crippen LogP contribution in [0, 0.1) is 10.1 Å². The molecule has 1 fully saturated rings. The number of amides is 1. The van der Waals surface area contributed by atoms with Gasteiger partial charge in [-0.05, 0) is 25.0 Å². The minimum atomic E-state index is -0.500. The third-order valence-corrected chi connectivity index (χ3v) is 4.55. The molecule has 1 aliphatic rings. The fourth-order valence-corrected chi connectivity index (χ4v) is 3.18. The van der Waals surface area contributed by atoms with Crippen molar-refractivity contribution in [2.45, 2.75) is 31.2 Å². The highest BCUT2D eigenvalue weighted by atomic mass is 35.5. The SMILES string of the molecule is Cl.Cl.NCC1(NC(=O)c2ccc(-n3ccnc3)c([N+](=O)[O-])c2)CCCC1. The summed E-state index contributed by atoms with van der Waals surface area (Å²) >= 11 is 0. The van der Waals surface area contributed by atoms with E-state index in [1.165, 1.54) is 23.2 Å². The number of hydrogen-bond acceptors (Lipinski definition) is 5. The summed E-state index contributed by atoms with van der Waals surface area (Å²) in [6.07, 6.45) is 8.35. The van der Waals surface area contributed by atoms with Crippen LogP contribution in [-0.4, -0.2) is 32.5 Å². The number of nitro groups is 1. The highest BCUT2D eigenvalue weighted by Gasteiger charge is 2.34. The molecule has 8 nitrogen and oxygen atoms in total. The molecule has 0 atom stereocenters. The molecule has 3 N–H and O–H groups in total. The lowest BCUT2D eigenvalue weighted by Crippen LogP contribution is -2.51. The van der Waals surface area contributed by atoms with Gasteiger partial charge in [-0.1, -0.05) is 12.8 Å². The number of hydrogen-bond donors (Lipinski definition) is 2. The molecule has 1 saturated carbocycles. The number of carbonyl (C=O) groups excluding carboxylic acids is 1. The second kappa shape index (κ2) is 8.98.